The predicted molar refractivity (Wildman–Crippen MR) is 166 cm³/mol. The van der Waals surface area contributed by atoms with Crippen molar-refractivity contribution in [2.24, 2.45) is 5.92 Å². The minimum absolute atomic E-state index is 0.0307. The Hall–Kier alpha value is -4.46. The van der Waals surface area contributed by atoms with Gasteiger partial charge in [-0.1, -0.05) is 12.1 Å². The average Bonchev–Trinajstić information content (AvgIpc) is 3.45. The zero-order valence-electron chi connectivity index (χ0n) is 26.4. The number of pyridine rings is 1. The molecule has 0 spiro atoms. The van der Waals surface area contributed by atoms with Crippen LogP contribution in [0.2, 0.25) is 0 Å². The summed E-state index contributed by atoms with van der Waals surface area (Å²) in [6, 6.07) is 7.58. The van der Waals surface area contributed by atoms with Gasteiger partial charge in [-0.25, -0.2) is 9.78 Å². The normalized spacial score (nSPS) is 20.6. The van der Waals surface area contributed by atoms with E-state index >= 15 is 0 Å². The fraction of sp³-hybridized carbons (Fsp3) is 0.562. The van der Waals surface area contributed by atoms with Gasteiger partial charge in [0.2, 0.25) is 5.91 Å². The van der Waals surface area contributed by atoms with Gasteiger partial charge in [-0.15, -0.1) is 0 Å². The SMILES string of the molecule is CCOC(=O)N1CCN(C(=O)C(CCC(=O)O)NC(=O)c2cc(OCC(=O)N3CCCC4CN(C)C[C@H]43)c3ccccc3n2)CC1. The number of rotatable bonds is 10. The molecule has 2 aromatic rings. The van der Waals surface area contributed by atoms with Crippen molar-refractivity contribution in [3.63, 3.8) is 0 Å². The number of para-hydroxylation sites is 1. The maximum absolute atomic E-state index is 13.5. The van der Waals surface area contributed by atoms with E-state index in [0.29, 0.717) is 29.1 Å². The number of aromatic nitrogens is 1. The van der Waals surface area contributed by atoms with E-state index in [2.05, 4.69) is 22.2 Å². The topological polar surface area (TPSA) is 162 Å². The number of likely N-dealkylation sites (N-methyl/N-ethyl adjacent to an activating group) is 1. The molecule has 46 heavy (non-hydrogen) atoms. The summed E-state index contributed by atoms with van der Waals surface area (Å²) in [5.41, 5.74) is 0.438. The molecule has 3 aliphatic heterocycles. The number of hydrogen-bond acceptors (Lipinski definition) is 9. The number of carboxylic acids is 1. The first-order chi connectivity index (χ1) is 22.1. The smallest absolute Gasteiger partial charge is 0.409 e. The van der Waals surface area contributed by atoms with Gasteiger partial charge in [0, 0.05) is 69.7 Å². The predicted octanol–water partition coefficient (Wildman–Crippen LogP) is 1.43. The molecule has 14 heteroatoms. The fourth-order valence-corrected chi connectivity index (χ4v) is 6.60. The van der Waals surface area contributed by atoms with Crippen molar-refractivity contribution < 1.29 is 38.6 Å². The van der Waals surface area contributed by atoms with Crippen LogP contribution in [0, 0.1) is 5.92 Å². The molecule has 3 aliphatic rings. The number of benzene rings is 1. The number of nitrogens with one attached hydrogen (secondary N) is 1. The molecule has 0 aliphatic carbocycles. The van der Waals surface area contributed by atoms with E-state index in [1.54, 1.807) is 25.1 Å². The Morgan fingerprint density at radius 3 is 2.52 bits per heavy atom. The molecule has 1 aromatic heterocycles. The molecule has 4 amide bonds. The lowest BCUT2D eigenvalue weighted by molar-refractivity contribution is -0.139. The van der Waals surface area contributed by atoms with Crippen LogP contribution < -0.4 is 10.1 Å². The maximum Gasteiger partial charge on any atom is 0.409 e. The second-order valence-corrected chi connectivity index (χ2v) is 12.1. The van der Waals surface area contributed by atoms with Crippen molar-refractivity contribution in [2.75, 3.05) is 66.1 Å². The van der Waals surface area contributed by atoms with Crippen LogP contribution in [0.3, 0.4) is 0 Å². The highest BCUT2D eigenvalue weighted by molar-refractivity contribution is 5.99. The number of ether oxygens (including phenoxy) is 2. The van der Waals surface area contributed by atoms with E-state index in [4.69, 9.17) is 9.47 Å². The van der Waals surface area contributed by atoms with Gasteiger partial charge >= 0.3 is 12.1 Å². The molecule has 1 aromatic carbocycles. The number of nitrogens with zero attached hydrogens (tertiary/aromatic N) is 5. The van der Waals surface area contributed by atoms with Crippen molar-refractivity contribution in [1.82, 2.24) is 29.9 Å². The molecule has 3 atom stereocenters. The fourth-order valence-electron chi connectivity index (χ4n) is 6.60. The van der Waals surface area contributed by atoms with Crippen molar-refractivity contribution >= 4 is 40.7 Å². The van der Waals surface area contributed by atoms with Crippen LogP contribution in [-0.4, -0.2) is 138 Å². The van der Waals surface area contributed by atoms with Crippen molar-refractivity contribution in [3.8, 4) is 5.75 Å². The van der Waals surface area contributed by atoms with E-state index in [-0.39, 0.29) is 69.9 Å². The summed E-state index contributed by atoms with van der Waals surface area (Å²) < 4.78 is 11.1. The Morgan fingerprint density at radius 2 is 1.78 bits per heavy atom. The molecule has 248 valence electrons. The van der Waals surface area contributed by atoms with E-state index < -0.39 is 29.9 Å². The summed E-state index contributed by atoms with van der Waals surface area (Å²) in [7, 11) is 2.07. The van der Waals surface area contributed by atoms with Gasteiger partial charge in [0.15, 0.2) is 6.61 Å². The maximum atomic E-state index is 13.5. The molecular weight excluding hydrogens is 596 g/mol. The Kier molecular flexibility index (Phi) is 10.6. The molecule has 14 nitrogen and oxygen atoms in total. The average molecular weight is 639 g/mol. The lowest BCUT2D eigenvalue weighted by Gasteiger charge is -2.37. The molecular formula is C32H42N6O8. The molecule has 0 saturated carbocycles. The third kappa shape index (κ3) is 7.66. The molecule has 3 saturated heterocycles. The quantitative estimate of drug-likeness (QED) is 0.390. The Bertz CT molecular complexity index is 1460. The van der Waals surface area contributed by atoms with E-state index in [1.165, 1.54) is 15.9 Å². The van der Waals surface area contributed by atoms with Gasteiger partial charge in [-0.3, -0.25) is 19.2 Å². The molecule has 3 fully saturated rings. The van der Waals surface area contributed by atoms with E-state index in [9.17, 15) is 29.1 Å². The van der Waals surface area contributed by atoms with Gasteiger partial charge in [-0.2, -0.15) is 0 Å². The number of likely N-dealkylation sites (tertiary alicyclic amines) is 2. The zero-order chi connectivity index (χ0) is 32.8. The van der Waals surface area contributed by atoms with Crippen molar-refractivity contribution in [2.45, 2.75) is 44.7 Å². The summed E-state index contributed by atoms with van der Waals surface area (Å²) in [4.78, 5) is 75.5. The van der Waals surface area contributed by atoms with Gasteiger partial charge in [-0.05, 0) is 51.3 Å². The molecule has 5 rings (SSSR count). The molecule has 0 bridgehead atoms. The third-order valence-electron chi connectivity index (χ3n) is 8.91. The van der Waals surface area contributed by atoms with Gasteiger partial charge < -0.3 is 39.5 Å². The van der Waals surface area contributed by atoms with Crippen LogP contribution in [0.5, 0.6) is 5.75 Å². The first-order valence-corrected chi connectivity index (χ1v) is 15.9. The van der Waals surface area contributed by atoms with Crippen molar-refractivity contribution in [1.29, 1.82) is 0 Å². The number of piperidine rings is 1. The number of amides is 4. The largest absolute Gasteiger partial charge is 0.483 e. The molecule has 0 radical (unpaired) electrons. The molecule has 4 heterocycles. The first-order valence-electron chi connectivity index (χ1n) is 15.9. The highest BCUT2D eigenvalue weighted by Gasteiger charge is 2.40. The Morgan fingerprint density at radius 1 is 1.04 bits per heavy atom. The van der Waals surface area contributed by atoms with Crippen LogP contribution in [0.25, 0.3) is 10.9 Å². The second-order valence-electron chi connectivity index (χ2n) is 12.1. The standard InChI is InChI=1S/C32H42N6O8/c1-3-45-32(44)37-15-13-36(14-16-37)31(43)24(10-11-29(40)41)34-30(42)25-17-27(22-8-4-5-9-23(22)33-25)46-20-28(39)38-12-6-7-21-18-35(2)19-26(21)38/h4-5,8-9,17,21,24,26H,3,6-7,10-16,18-20H2,1-2H3,(H,34,42)(H,40,41)/t21?,24?,26-/m1/s1. The highest BCUT2D eigenvalue weighted by Crippen LogP contribution is 2.31. The minimum atomic E-state index is -1.13. The Balaban J connectivity index is 1.29. The summed E-state index contributed by atoms with van der Waals surface area (Å²) >= 11 is 0. The summed E-state index contributed by atoms with van der Waals surface area (Å²) in [6.45, 7) is 5.19. The van der Waals surface area contributed by atoms with Gasteiger partial charge in [0.1, 0.15) is 17.5 Å². The van der Waals surface area contributed by atoms with E-state index in [0.717, 1.165) is 25.9 Å². The molecule has 2 N–H and O–H groups in total. The number of carbonyl (C=O) groups excluding carboxylic acids is 4. The van der Waals surface area contributed by atoms with Crippen LogP contribution in [0.4, 0.5) is 4.79 Å². The number of piperazine rings is 1. The monoisotopic (exact) mass is 638 g/mol. The van der Waals surface area contributed by atoms with Crippen LogP contribution >= 0.6 is 0 Å². The number of fused-ring (bicyclic) bond motifs is 2. The lowest BCUT2D eigenvalue weighted by Crippen LogP contribution is -2.56. The second kappa shape index (κ2) is 14.8. The third-order valence-corrected chi connectivity index (χ3v) is 8.91. The summed E-state index contributed by atoms with van der Waals surface area (Å²) in [5.74, 6) is -1.57. The van der Waals surface area contributed by atoms with Crippen LogP contribution in [0.15, 0.2) is 30.3 Å². The molecule has 2 unspecified atom stereocenters. The van der Waals surface area contributed by atoms with Gasteiger partial charge in [0.25, 0.3) is 11.8 Å². The van der Waals surface area contributed by atoms with Gasteiger partial charge in [0.05, 0.1) is 12.1 Å². The number of hydrogen-bond donors (Lipinski definition) is 2. The highest BCUT2D eigenvalue weighted by atomic mass is 16.6. The Labute approximate surface area is 267 Å². The zero-order valence-corrected chi connectivity index (χ0v) is 26.4. The lowest BCUT2D eigenvalue weighted by atomic mass is 9.92. The van der Waals surface area contributed by atoms with Crippen LogP contribution in [0.1, 0.15) is 43.1 Å². The number of aliphatic carboxylic acids is 1. The summed E-state index contributed by atoms with van der Waals surface area (Å²) in [6.07, 6.45) is 1.13. The van der Waals surface area contributed by atoms with Crippen LogP contribution in [-0.2, 0) is 19.1 Å². The number of carbonyl (C=O) groups is 5. The van der Waals surface area contributed by atoms with E-state index in [1.807, 2.05) is 11.0 Å². The minimum Gasteiger partial charge on any atom is -0.483 e. The summed E-state index contributed by atoms with van der Waals surface area (Å²) in [5, 5.41) is 12.6. The number of carboxylic acid groups (broad SMARTS) is 1. The first kappa shape index (κ1) is 32.9. The van der Waals surface area contributed by atoms with Crippen molar-refractivity contribution in [3.05, 3.63) is 36.0 Å².